The number of aromatic nitrogens is 1. The van der Waals surface area contributed by atoms with Crippen molar-refractivity contribution in [2.45, 2.75) is 56.3 Å². The van der Waals surface area contributed by atoms with E-state index >= 15 is 0 Å². The number of aliphatic imine (C=N–C) groups is 1. The number of aliphatic carboxylic acids is 2. The molecule has 15 heteroatoms. The van der Waals surface area contributed by atoms with Crippen LogP contribution in [0.15, 0.2) is 65.8 Å². The summed E-state index contributed by atoms with van der Waals surface area (Å²) in [6, 6.07) is 10.9. The zero-order valence-corrected chi connectivity index (χ0v) is 24.4. The van der Waals surface area contributed by atoms with Gasteiger partial charge in [-0.3, -0.25) is 24.2 Å². The van der Waals surface area contributed by atoms with E-state index < -0.39 is 60.2 Å². The van der Waals surface area contributed by atoms with Gasteiger partial charge in [-0.15, -0.1) is 0 Å². The van der Waals surface area contributed by atoms with Crippen LogP contribution in [0.3, 0.4) is 0 Å². The molecule has 15 nitrogen and oxygen atoms in total. The van der Waals surface area contributed by atoms with Gasteiger partial charge in [-0.25, -0.2) is 4.79 Å². The third kappa shape index (κ3) is 10.7. The van der Waals surface area contributed by atoms with Gasteiger partial charge < -0.3 is 48.3 Å². The maximum atomic E-state index is 13.7. The fourth-order valence-electron chi connectivity index (χ4n) is 4.64. The number of amides is 3. The Morgan fingerprint density at radius 3 is 2.04 bits per heavy atom. The van der Waals surface area contributed by atoms with Crippen molar-refractivity contribution in [3.8, 4) is 0 Å². The number of nitrogens with one attached hydrogen (secondary N) is 4. The molecular formula is C30H38N8O7. The van der Waals surface area contributed by atoms with Crippen LogP contribution in [0.2, 0.25) is 0 Å². The number of aromatic amines is 1. The molecule has 2 aromatic carbocycles. The minimum absolute atomic E-state index is 0.0529. The van der Waals surface area contributed by atoms with Gasteiger partial charge in [0.2, 0.25) is 17.7 Å². The second-order valence-electron chi connectivity index (χ2n) is 10.4. The molecule has 1 heterocycles. The quantitative estimate of drug-likeness (QED) is 0.0521. The Balaban J connectivity index is 1.85. The van der Waals surface area contributed by atoms with Crippen LogP contribution in [0.4, 0.5) is 0 Å². The van der Waals surface area contributed by atoms with Gasteiger partial charge in [0.25, 0.3) is 0 Å². The highest BCUT2D eigenvalue weighted by atomic mass is 16.4. The predicted octanol–water partition coefficient (Wildman–Crippen LogP) is -0.652. The zero-order valence-electron chi connectivity index (χ0n) is 24.4. The summed E-state index contributed by atoms with van der Waals surface area (Å²) in [5, 5.41) is 26.9. The highest BCUT2D eigenvalue weighted by Crippen LogP contribution is 2.19. The summed E-state index contributed by atoms with van der Waals surface area (Å²) in [6.07, 6.45) is 1.41. The van der Waals surface area contributed by atoms with Crippen molar-refractivity contribution in [3.05, 3.63) is 71.9 Å². The van der Waals surface area contributed by atoms with Gasteiger partial charge in [0.1, 0.15) is 18.1 Å². The van der Waals surface area contributed by atoms with Gasteiger partial charge in [-0.05, 0) is 30.0 Å². The Kier molecular flexibility index (Phi) is 12.4. The SMILES string of the molecule is NC(N)=NCCC[C@H](N)C(=O)N[C@@H](Cc1ccccc1)C(=O)N[C@@H](Cc1c[nH]c2ccccc12)C(=O)N[C@@H](CC(=O)O)C(=O)O. The summed E-state index contributed by atoms with van der Waals surface area (Å²) in [7, 11) is 0. The lowest BCUT2D eigenvalue weighted by molar-refractivity contribution is -0.147. The summed E-state index contributed by atoms with van der Waals surface area (Å²) in [5.74, 6) is -5.32. The van der Waals surface area contributed by atoms with Crippen molar-refractivity contribution < 1.29 is 34.2 Å². The number of hydrogen-bond donors (Lipinski definition) is 9. The number of carbonyl (C=O) groups excluding carboxylic acids is 3. The lowest BCUT2D eigenvalue weighted by Crippen LogP contribution is -2.58. The van der Waals surface area contributed by atoms with E-state index in [4.69, 9.17) is 22.3 Å². The third-order valence-corrected chi connectivity index (χ3v) is 6.95. The van der Waals surface area contributed by atoms with Gasteiger partial charge in [-0.1, -0.05) is 48.5 Å². The van der Waals surface area contributed by atoms with E-state index in [1.807, 2.05) is 18.2 Å². The van der Waals surface area contributed by atoms with E-state index in [0.29, 0.717) is 17.5 Å². The number of H-pyrrole nitrogens is 1. The highest BCUT2D eigenvalue weighted by molar-refractivity contribution is 5.95. The summed E-state index contributed by atoms with van der Waals surface area (Å²) >= 11 is 0. The molecule has 0 saturated heterocycles. The summed E-state index contributed by atoms with van der Waals surface area (Å²) < 4.78 is 0. The molecule has 0 aliphatic rings. The first kappa shape index (κ1) is 34.1. The molecular weight excluding hydrogens is 584 g/mol. The molecule has 0 fully saturated rings. The molecule has 1 aromatic heterocycles. The average Bonchev–Trinajstić information content (AvgIpc) is 3.40. The molecule has 0 spiro atoms. The van der Waals surface area contributed by atoms with E-state index in [0.717, 1.165) is 10.9 Å². The molecule has 0 unspecified atom stereocenters. The first-order valence-electron chi connectivity index (χ1n) is 14.2. The third-order valence-electron chi connectivity index (χ3n) is 6.95. The van der Waals surface area contributed by atoms with Crippen molar-refractivity contribution in [2.24, 2.45) is 22.2 Å². The predicted molar refractivity (Wildman–Crippen MR) is 166 cm³/mol. The van der Waals surface area contributed by atoms with Crippen molar-refractivity contribution in [1.82, 2.24) is 20.9 Å². The molecule has 3 aromatic rings. The number of benzene rings is 2. The topological polar surface area (TPSA) is 268 Å². The molecule has 0 radical (unpaired) electrons. The number of hydrogen-bond acceptors (Lipinski definition) is 7. The van der Waals surface area contributed by atoms with Gasteiger partial charge in [-0.2, -0.15) is 0 Å². The first-order chi connectivity index (χ1) is 21.4. The van der Waals surface area contributed by atoms with Crippen molar-refractivity contribution in [3.63, 3.8) is 0 Å². The first-order valence-corrected chi connectivity index (χ1v) is 14.2. The van der Waals surface area contributed by atoms with Crippen LogP contribution in [0, 0.1) is 0 Å². The molecule has 0 aliphatic heterocycles. The number of carbonyl (C=O) groups is 5. The van der Waals surface area contributed by atoms with Crippen LogP contribution in [0.25, 0.3) is 10.9 Å². The van der Waals surface area contributed by atoms with Crippen molar-refractivity contribution in [2.75, 3.05) is 6.54 Å². The minimum Gasteiger partial charge on any atom is -0.481 e. The molecule has 0 bridgehead atoms. The number of carboxylic acid groups (broad SMARTS) is 2. The molecule has 4 atom stereocenters. The number of nitrogens with two attached hydrogens (primary N) is 3. The molecule has 45 heavy (non-hydrogen) atoms. The monoisotopic (exact) mass is 622 g/mol. The molecule has 3 amide bonds. The van der Waals surface area contributed by atoms with Crippen LogP contribution >= 0.6 is 0 Å². The highest BCUT2D eigenvalue weighted by Gasteiger charge is 2.32. The molecule has 240 valence electrons. The van der Waals surface area contributed by atoms with Crippen LogP contribution < -0.4 is 33.2 Å². The molecule has 0 aliphatic carbocycles. The van der Waals surface area contributed by atoms with Crippen LogP contribution in [0.5, 0.6) is 0 Å². The average molecular weight is 623 g/mol. The number of guanidine groups is 1. The number of nitrogens with zero attached hydrogens (tertiary/aromatic N) is 1. The van der Waals surface area contributed by atoms with E-state index in [-0.39, 0.29) is 31.8 Å². The molecule has 12 N–H and O–H groups in total. The van der Waals surface area contributed by atoms with Crippen LogP contribution in [0.1, 0.15) is 30.4 Å². The normalized spacial score (nSPS) is 13.5. The number of para-hydroxylation sites is 1. The van der Waals surface area contributed by atoms with Gasteiger partial charge in [0, 0.05) is 36.5 Å². The van der Waals surface area contributed by atoms with Crippen molar-refractivity contribution in [1.29, 1.82) is 0 Å². The Morgan fingerprint density at radius 1 is 0.800 bits per heavy atom. The summed E-state index contributed by atoms with van der Waals surface area (Å²) in [6.45, 7) is 0.265. The van der Waals surface area contributed by atoms with Gasteiger partial charge >= 0.3 is 11.9 Å². The maximum absolute atomic E-state index is 13.7. The fourth-order valence-corrected chi connectivity index (χ4v) is 4.64. The Hall–Kier alpha value is -5.44. The number of rotatable bonds is 17. The second kappa shape index (κ2) is 16.4. The van der Waals surface area contributed by atoms with Crippen molar-refractivity contribution >= 4 is 46.5 Å². The minimum atomic E-state index is -1.74. The van der Waals surface area contributed by atoms with Gasteiger partial charge in [0.15, 0.2) is 5.96 Å². The lowest BCUT2D eigenvalue weighted by atomic mass is 10.0. The summed E-state index contributed by atoms with van der Waals surface area (Å²) in [4.78, 5) is 70.0. The standard InChI is InChI=1S/C30H38N8O7/c31-20(10-6-12-34-30(32)33)26(41)36-22(13-17-7-2-1-3-8-17)27(42)37-23(28(43)38-24(29(44)45)15-25(39)40)14-18-16-35-21-11-5-4-9-19(18)21/h1-5,7-9,11,16,20,22-24,35H,6,10,12-15,31H2,(H,36,41)(H,37,42)(H,38,43)(H,39,40)(H,44,45)(H4,32,33,34)/t20-,22-,23-,24-/m0/s1. The second-order valence-corrected chi connectivity index (χ2v) is 10.4. The number of carboxylic acids is 2. The van der Waals surface area contributed by atoms with E-state index in [1.165, 1.54) is 0 Å². The molecule has 0 saturated carbocycles. The van der Waals surface area contributed by atoms with Crippen LogP contribution in [-0.2, 0) is 36.8 Å². The zero-order chi connectivity index (χ0) is 32.9. The number of fused-ring (bicyclic) bond motifs is 1. The Morgan fingerprint density at radius 2 is 1.40 bits per heavy atom. The Labute approximate surface area is 258 Å². The smallest absolute Gasteiger partial charge is 0.326 e. The van der Waals surface area contributed by atoms with E-state index in [2.05, 4.69) is 25.9 Å². The molecule has 3 rings (SSSR count). The maximum Gasteiger partial charge on any atom is 0.326 e. The van der Waals surface area contributed by atoms with Gasteiger partial charge in [0.05, 0.1) is 12.5 Å². The van der Waals surface area contributed by atoms with Crippen LogP contribution in [-0.4, -0.2) is 81.5 Å². The Bertz CT molecular complexity index is 1520. The summed E-state index contributed by atoms with van der Waals surface area (Å²) in [5.41, 5.74) is 18.8. The lowest BCUT2D eigenvalue weighted by Gasteiger charge is -2.25. The van der Waals surface area contributed by atoms with E-state index in [1.54, 1.807) is 42.6 Å². The largest absolute Gasteiger partial charge is 0.481 e. The van der Waals surface area contributed by atoms with E-state index in [9.17, 15) is 29.1 Å². The fraction of sp³-hybridized carbons (Fsp3) is 0.333.